The molecule has 0 unspecified atom stereocenters. The fourth-order valence-electron chi connectivity index (χ4n) is 8.46. The Hall–Kier alpha value is -4.65. The van der Waals surface area contributed by atoms with Gasteiger partial charge in [-0.15, -0.1) is 11.3 Å². The van der Waals surface area contributed by atoms with Crippen molar-refractivity contribution in [3.8, 4) is 17.6 Å². The summed E-state index contributed by atoms with van der Waals surface area (Å²) in [6, 6.07) is 9.94. The van der Waals surface area contributed by atoms with E-state index in [0.717, 1.165) is 23.8 Å². The molecule has 4 heterocycles. The molecule has 0 N–H and O–H groups in total. The predicted octanol–water partition coefficient (Wildman–Crippen LogP) is 8.62. The number of likely N-dealkylation sites (tertiary alicyclic amines) is 2. The van der Waals surface area contributed by atoms with Gasteiger partial charge in [-0.3, -0.25) is 19.4 Å². The van der Waals surface area contributed by atoms with E-state index in [2.05, 4.69) is 11.1 Å². The number of Topliss-reactive ketones (excluding diaryl/α,β-unsaturated/α-hetero) is 1. The van der Waals surface area contributed by atoms with Gasteiger partial charge in [0.2, 0.25) is 5.60 Å². The zero-order valence-corrected chi connectivity index (χ0v) is 31.7. The maximum atomic E-state index is 15.0. The Balaban J connectivity index is 1.33. The first-order valence-electron chi connectivity index (χ1n) is 18.7. The number of ketones is 1. The van der Waals surface area contributed by atoms with E-state index in [-0.39, 0.29) is 75.3 Å². The molecule has 0 radical (unpaired) electrons. The van der Waals surface area contributed by atoms with E-state index in [9.17, 15) is 41.2 Å². The monoisotopic (exact) mass is 804 g/mol. The van der Waals surface area contributed by atoms with Crippen molar-refractivity contribution in [1.29, 1.82) is 5.26 Å². The molecule has 1 aromatic carbocycles. The van der Waals surface area contributed by atoms with E-state index in [0.29, 0.717) is 54.4 Å². The van der Waals surface area contributed by atoms with Gasteiger partial charge in [-0.1, -0.05) is 31.5 Å². The minimum absolute atomic E-state index is 0.0319. The third kappa shape index (κ3) is 8.10. The molecule has 3 aromatic rings. The summed E-state index contributed by atoms with van der Waals surface area (Å²) in [6.45, 7) is 3.36. The maximum absolute atomic E-state index is 15.0. The van der Waals surface area contributed by atoms with Gasteiger partial charge < -0.3 is 19.3 Å². The number of para-hydroxylation sites is 1. The molecule has 2 aromatic heterocycles. The average molecular weight is 805 g/mol. The van der Waals surface area contributed by atoms with Crippen LogP contribution in [0.4, 0.5) is 26.3 Å². The Morgan fingerprint density at radius 1 is 1.02 bits per heavy atom. The Morgan fingerprint density at radius 3 is 2.38 bits per heavy atom. The van der Waals surface area contributed by atoms with Gasteiger partial charge >= 0.3 is 12.4 Å². The van der Waals surface area contributed by atoms with Gasteiger partial charge in [0.15, 0.2) is 0 Å². The molecule has 0 spiro atoms. The van der Waals surface area contributed by atoms with Gasteiger partial charge in [0.05, 0.1) is 34.8 Å². The number of carbonyl (C=O) groups is 3. The Kier molecular flexibility index (Phi) is 11.8. The number of aromatic nitrogens is 1. The Bertz CT molecular complexity index is 1970. The molecule has 1 saturated carbocycles. The van der Waals surface area contributed by atoms with Crippen LogP contribution >= 0.6 is 11.3 Å². The fourth-order valence-corrected chi connectivity index (χ4v) is 9.14. The number of nitrogens with zero attached hydrogens (tertiary/aromatic N) is 4. The molecule has 0 bridgehead atoms. The summed E-state index contributed by atoms with van der Waals surface area (Å²) in [5, 5.41) is 11.8. The number of pyridine rings is 1. The lowest BCUT2D eigenvalue weighted by molar-refractivity contribution is -0.160. The molecule has 4 atom stereocenters. The Morgan fingerprint density at radius 2 is 1.75 bits per heavy atom. The highest BCUT2D eigenvalue weighted by Gasteiger charge is 2.57. The zero-order chi connectivity index (χ0) is 40.5. The van der Waals surface area contributed by atoms with Crippen molar-refractivity contribution in [2.45, 2.75) is 107 Å². The summed E-state index contributed by atoms with van der Waals surface area (Å²) in [5.74, 6) is -1.38. The molecule has 3 aliphatic rings. The summed E-state index contributed by atoms with van der Waals surface area (Å²) < 4.78 is 96.2. The summed E-state index contributed by atoms with van der Waals surface area (Å²) in [7, 11) is 0. The van der Waals surface area contributed by atoms with Crippen LogP contribution in [0.15, 0.2) is 54.2 Å². The number of rotatable bonds is 10. The third-order valence-electron chi connectivity index (χ3n) is 11.3. The number of hydrogen-bond acceptors (Lipinski definition) is 8. The van der Waals surface area contributed by atoms with Crippen LogP contribution in [-0.2, 0) is 27.4 Å². The van der Waals surface area contributed by atoms with E-state index in [1.54, 1.807) is 32.0 Å². The number of nitriles is 1. The molecule has 56 heavy (non-hydrogen) atoms. The summed E-state index contributed by atoms with van der Waals surface area (Å²) in [6.07, 6.45) is -5.26. The predicted molar refractivity (Wildman–Crippen MR) is 193 cm³/mol. The van der Waals surface area contributed by atoms with Crippen molar-refractivity contribution in [3.05, 3.63) is 75.7 Å². The quantitative estimate of drug-likeness (QED) is 0.189. The number of ether oxygens (including phenoxy) is 2. The topological polar surface area (TPSA) is 113 Å². The zero-order valence-electron chi connectivity index (χ0n) is 30.9. The lowest BCUT2D eigenvalue weighted by Crippen LogP contribution is -2.68. The van der Waals surface area contributed by atoms with Crippen LogP contribution in [0.5, 0.6) is 11.5 Å². The molecule has 2 aliphatic heterocycles. The number of carbonyl (C=O) groups excluding carboxylic acids is 3. The number of benzene rings is 1. The smallest absolute Gasteiger partial charge is 0.425 e. The van der Waals surface area contributed by atoms with Gasteiger partial charge in [0.25, 0.3) is 11.8 Å². The average Bonchev–Trinajstić information content (AvgIpc) is 3.85. The van der Waals surface area contributed by atoms with E-state index in [1.807, 2.05) is 6.07 Å². The molecule has 9 nitrogen and oxygen atoms in total. The van der Waals surface area contributed by atoms with Crippen molar-refractivity contribution in [3.63, 3.8) is 0 Å². The van der Waals surface area contributed by atoms with Crippen LogP contribution in [0.2, 0.25) is 0 Å². The molecule has 2 saturated heterocycles. The van der Waals surface area contributed by atoms with Crippen LogP contribution in [0.1, 0.15) is 98.0 Å². The fraction of sp³-hybridized carbons (Fsp3) is 0.525. The lowest BCUT2D eigenvalue weighted by Gasteiger charge is -2.51. The molecule has 16 heteroatoms. The number of piperidine rings is 2. The molecule has 6 rings (SSSR count). The minimum atomic E-state index is -4.89. The van der Waals surface area contributed by atoms with Gasteiger partial charge in [-0.25, -0.2) is 0 Å². The number of halogens is 6. The van der Waals surface area contributed by atoms with Crippen molar-refractivity contribution >= 4 is 28.9 Å². The van der Waals surface area contributed by atoms with E-state index < -0.39 is 57.2 Å². The van der Waals surface area contributed by atoms with Crippen molar-refractivity contribution in [1.82, 2.24) is 14.8 Å². The second-order valence-corrected chi connectivity index (χ2v) is 15.7. The van der Waals surface area contributed by atoms with Crippen LogP contribution in [-0.4, -0.2) is 69.8 Å². The summed E-state index contributed by atoms with van der Waals surface area (Å²) >= 11 is 0.375. The molecular weight excluding hydrogens is 763 g/mol. The third-order valence-corrected chi connectivity index (χ3v) is 12.3. The first kappa shape index (κ1) is 41.0. The lowest BCUT2D eigenvalue weighted by atomic mass is 9.72. The molecular formula is C40H42F6N4O5S. The van der Waals surface area contributed by atoms with Crippen LogP contribution in [0.25, 0.3) is 0 Å². The van der Waals surface area contributed by atoms with Crippen LogP contribution in [0, 0.1) is 17.2 Å². The normalized spacial score (nSPS) is 24.0. The SMILES string of the molecule is CCC[C@H]1N(C(=O)c2cnccc2C(F)(F)F)CCC[C@@]1(Oc1csc(C(F)(F)F)c1)C(=O)N1CCC(C#N)(c2ccccc2O[C@@H]2CC[C@@H](C(C)=O)C2)CC1. The molecule has 300 valence electrons. The standard InChI is InChI=1S/C40H42F6N4O5S/c1-3-7-33-38(55-28-21-34(56-23-28)40(44,45)46,13-6-17-50(33)35(52)29-22-48-16-12-30(29)39(41,42)43)36(53)49-18-14-37(24-47,15-19-49)31-8-4-5-9-32(31)54-27-11-10-26(20-27)25(2)51/h4-5,8-9,12,16,21-23,26-27,33H,3,6-7,10-11,13-15,17-20H2,1-2H3/t26-,27-,33-,38+/m1/s1. The highest BCUT2D eigenvalue weighted by molar-refractivity contribution is 7.10. The summed E-state index contributed by atoms with van der Waals surface area (Å²) in [5.41, 5.74) is -4.34. The van der Waals surface area contributed by atoms with Crippen molar-refractivity contribution in [2.75, 3.05) is 19.6 Å². The molecule has 2 amide bonds. The second kappa shape index (κ2) is 16.1. The minimum Gasteiger partial charge on any atom is -0.490 e. The van der Waals surface area contributed by atoms with Gasteiger partial charge in [0.1, 0.15) is 22.2 Å². The maximum Gasteiger partial charge on any atom is 0.425 e. The van der Waals surface area contributed by atoms with Crippen LogP contribution in [0.3, 0.4) is 0 Å². The first-order valence-corrected chi connectivity index (χ1v) is 19.5. The highest BCUT2D eigenvalue weighted by atomic mass is 32.1. The largest absolute Gasteiger partial charge is 0.490 e. The second-order valence-electron chi connectivity index (χ2n) is 14.8. The van der Waals surface area contributed by atoms with E-state index >= 15 is 4.79 Å². The number of hydrogen-bond donors (Lipinski definition) is 0. The van der Waals surface area contributed by atoms with E-state index in [1.165, 1.54) is 9.80 Å². The van der Waals surface area contributed by atoms with Gasteiger partial charge in [0, 0.05) is 61.4 Å². The Labute approximate surface area is 324 Å². The molecule has 1 aliphatic carbocycles. The highest BCUT2D eigenvalue weighted by Crippen LogP contribution is 2.45. The van der Waals surface area contributed by atoms with Crippen molar-refractivity contribution < 1.29 is 50.2 Å². The number of thiophene rings is 1. The summed E-state index contributed by atoms with van der Waals surface area (Å²) in [4.78, 5) is 46.6. The van der Waals surface area contributed by atoms with E-state index in [4.69, 9.17) is 9.47 Å². The van der Waals surface area contributed by atoms with Crippen molar-refractivity contribution in [2.24, 2.45) is 5.92 Å². The first-order chi connectivity index (χ1) is 26.5. The number of alkyl halides is 6. The van der Waals surface area contributed by atoms with Crippen LogP contribution < -0.4 is 9.47 Å². The van der Waals surface area contributed by atoms with Gasteiger partial charge in [-0.05, 0) is 64.0 Å². The molecule has 3 fully saturated rings. The number of amides is 2. The van der Waals surface area contributed by atoms with Gasteiger partial charge in [-0.2, -0.15) is 31.6 Å².